The molecule has 1 heterocycles. The molecule has 5 aliphatic rings. The zero-order valence-electron chi connectivity index (χ0n) is 18.1. The maximum atomic E-state index is 13.7. The molecular formula is C24H31FN2O4. The van der Waals surface area contributed by atoms with Crippen LogP contribution >= 0.6 is 0 Å². The number of hydrogen-bond acceptors (Lipinski definition) is 4. The summed E-state index contributed by atoms with van der Waals surface area (Å²) in [6.07, 6.45) is 3.29. The number of amides is 2. The number of nitrogens with zero attached hydrogens (tertiary/aromatic N) is 1. The molecule has 1 aromatic rings. The number of ether oxygens (including phenoxy) is 1. The zero-order chi connectivity index (χ0) is 22.0. The Morgan fingerprint density at radius 3 is 2.16 bits per heavy atom. The first-order valence-corrected chi connectivity index (χ1v) is 11.4. The molecule has 0 aromatic heterocycles. The van der Waals surface area contributed by atoms with E-state index in [1.165, 1.54) is 19.2 Å². The molecule has 0 unspecified atom stereocenters. The second-order valence-corrected chi connectivity index (χ2v) is 10.3. The fourth-order valence-corrected chi connectivity index (χ4v) is 7.13. The van der Waals surface area contributed by atoms with E-state index in [-0.39, 0.29) is 35.1 Å². The highest BCUT2D eigenvalue weighted by Gasteiger charge is 2.64. The summed E-state index contributed by atoms with van der Waals surface area (Å²) >= 11 is 0. The van der Waals surface area contributed by atoms with Crippen LogP contribution in [-0.2, 0) is 14.9 Å². The fourth-order valence-electron chi connectivity index (χ4n) is 7.13. The van der Waals surface area contributed by atoms with Crippen molar-refractivity contribution in [2.24, 2.45) is 23.7 Å². The van der Waals surface area contributed by atoms with E-state index in [0.29, 0.717) is 31.3 Å². The fraction of sp³-hybridized carbons (Fsp3) is 0.667. The Bertz CT molecular complexity index is 846. The summed E-state index contributed by atoms with van der Waals surface area (Å²) in [5, 5.41) is 13.5. The number of carbonyl (C=O) groups is 2. The molecule has 0 atom stereocenters. The molecule has 168 valence electrons. The smallest absolute Gasteiger partial charge is 0.407 e. The van der Waals surface area contributed by atoms with Gasteiger partial charge in [0.15, 0.2) is 0 Å². The van der Waals surface area contributed by atoms with E-state index in [2.05, 4.69) is 5.32 Å². The highest BCUT2D eigenvalue weighted by atomic mass is 19.1. The van der Waals surface area contributed by atoms with Crippen molar-refractivity contribution in [2.75, 3.05) is 20.1 Å². The summed E-state index contributed by atoms with van der Waals surface area (Å²) in [6, 6.07) is 6.71. The lowest BCUT2D eigenvalue weighted by molar-refractivity contribution is -0.195. The third kappa shape index (κ3) is 3.15. The number of alkyl carbamates (subject to hydrolysis) is 1. The van der Waals surface area contributed by atoms with Gasteiger partial charge in [-0.3, -0.25) is 4.79 Å². The van der Waals surface area contributed by atoms with Gasteiger partial charge in [0.1, 0.15) is 11.9 Å². The minimum absolute atomic E-state index is 0.0697. The Kier molecular flexibility index (Phi) is 4.81. The highest BCUT2D eigenvalue weighted by Crippen LogP contribution is 2.66. The molecule has 6 nitrogen and oxygen atoms in total. The van der Waals surface area contributed by atoms with Gasteiger partial charge in [-0.25, -0.2) is 9.18 Å². The van der Waals surface area contributed by atoms with Crippen molar-refractivity contribution >= 4 is 12.0 Å². The predicted molar refractivity (Wildman–Crippen MR) is 112 cm³/mol. The average Bonchev–Trinajstić information content (AvgIpc) is 2.68. The van der Waals surface area contributed by atoms with Crippen molar-refractivity contribution < 1.29 is 23.8 Å². The van der Waals surface area contributed by atoms with Crippen molar-refractivity contribution in [1.29, 1.82) is 0 Å². The van der Waals surface area contributed by atoms with Gasteiger partial charge in [0.05, 0.1) is 18.7 Å². The molecule has 1 saturated heterocycles. The largest absolute Gasteiger partial charge is 0.442 e. The molecule has 2 amide bonds. The van der Waals surface area contributed by atoms with E-state index in [4.69, 9.17) is 4.74 Å². The molecule has 5 fully saturated rings. The molecule has 4 saturated carbocycles. The molecular weight excluding hydrogens is 399 g/mol. The monoisotopic (exact) mass is 430 g/mol. The van der Waals surface area contributed by atoms with Crippen molar-refractivity contribution in [1.82, 2.24) is 10.2 Å². The summed E-state index contributed by atoms with van der Waals surface area (Å²) in [6.45, 7) is 2.82. The molecule has 4 aliphatic carbocycles. The lowest BCUT2D eigenvalue weighted by Crippen LogP contribution is -2.65. The lowest BCUT2D eigenvalue weighted by Gasteiger charge is -2.66. The molecule has 1 aromatic carbocycles. The van der Waals surface area contributed by atoms with Gasteiger partial charge in [-0.05, 0) is 74.0 Å². The third-order valence-corrected chi connectivity index (χ3v) is 8.89. The van der Waals surface area contributed by atoms with Crippen LogP contribution in [0.4, 0.5) is 9.18 Å². The van der Waals surface area contributed by atoms with E-state index >= 15 is 0 Å². The quantitative estimate of drug-likeness (QED) is 0.770. The highest BCUT2D eigenvalue weighted by molar-refractivity contribution is 5.79. The number of carbonyl (C=O) groups excluding carboxylic acids is 2. The Morgan fingerprint density at radius 2 is 1.65 bits per heavy atom. The van der Waals surface area contributed by atoms with Gasteiger partial charge in [0, 0.05) is 18.9 Å². The molecule has 2 N–H and O–H groups in total. The topological polar surface area (TPSA) is 78.9 Å². The van der Waals surface area contributed by atoms with Crippen LogP contribution in [0.3, 0.4) is 0 Å². The number of aliphatic hydroxyl groups is 1. The van der Waals surface area contributed by atoms with Crippen LogP contribution in [0, 0.1) is 29.5 Å². The third-order valence-electron chi connectivity index (χ3n) is 8.89. The summed E-state index contributed by atoms with van der Waals surface area (Å²) in [7, 11) is 1.51. The van der Waals surface area contributed by atoms with Crippen LogP contribution in [0.25, 0.3) is 0 Å². The minimum Gasteiger partial charge on any atom is -0.442 e. The maximum absolute atomic E-state index is 13.7. The first-order valence-electron chi connectivity index (χ1n) is 11.4. The van der Waals surface area contributed by atoms with Gasteiger partial charge < -0.3 is 20.1 Å². The summed E-state index contributed by atoms with van der Waals surface area (Å²) in [4.78, 5) is 26.5. The summed E-state index contributed by atoms with van der Waals surface area (Å²) in [5.74, 6) is 0.961. The van der Waals surface area contributed by atoms with E-state index in [1.807, 2.05) is 19.1 Å². The van der Waals surface area contributed by atoms with Crippen LogP contribution in [0.15, 0.2) is 24.3 Å². The molecule has 6 rings (SSSR count). The predicted octanol–water partition coefficient (Wildman–Crippen LogP) is 2.84. The Balaban J connectivity index is 1.39. The maximum Gasteiger partial charge on any atom is 0.407 e. The molecule has 1 aliphatic heterocycles. The number of halogens is 1. The van der Waals surface area contributed by atoms with E-state index in [9.17, 15) is 19.1 Å². The summed E-state index contributed by atoms with van der Waals surface area (Å²) < 4.78 is 18.9. The van der Waals surface area contributed by atoms with Gasteiger partial charge in [-0.2, -0.15) is 0 Å². The first-order chi connectivity index (χ1) is 14.7. The standard InChI is InChI=1S/C24H31FN2O4/c1-23(30)15-7-17-9-16(23)10-18(8-15)24(17,14-3-5-19(25)6-4-14)11-21(28)27-12-20(13-27)31-22(29)26-2/h3-6,15-18,20,30H,7-13H2,1-2H3,(H,26,29). The normalized spacial score (nSPS) is 38.6. The van der Waals surface area contributed by atoms with Crippen LogP contribution < -0.4 is 5.32 Å². The number of benzene rings is 1. The van der Waals surface area contributed by atoms with Gasteiger partial charge in [-0.1, -0.05) is 12.1 Å². The van der Waals surface area contributed by atoms with E-state index in [0.717, 1.165) is 31.2 Å². The second kappa shape index (κ2) is 7.19. The van der Waals surface area contributed by atoms with Crippen LogP contribution in [0.5, 0.6) is 0 Å². The minimum atomic E-state index is -0.617. The summed E-state index contributed by atoms with van der Waals surface area (Å²) in [5.41, 5.74) is 0.115. The van der Waals surface area contributed by atoms with Crippen LogP contribution in [0.1, 0.15) is 44.6 Å². The lowest BCUT2D eigenvalue weighted by atomic mass is 9.40. The van der Waals surface area contributed by atoms with E-state index < -0.39 is 11.7 Å². The van der Waals surface area contributed by atoms with Gasteiger partial charge in [-0.15, -0.1) is 0 Å². The molecule has 0 spiro atoms. The average molecular weight is 431 g/mol. The van der Waals surface area contributed by atoms with Crippen molar-refractivity contribution in [3.8, 4) is 0 Å². The Hall–Kier alpha value is -2.15. The molecule has 4 bridgehead atoms. The van der Waals surface area contributed by atoms with Crippen molar-refractivity contribution in [3.05, 3.63) is 35.6 Å². The zero-order valence-corrected chi connectivity index (χ0v) is 18.1. The second-order valence-electron chi connectivity index (χ2n) is 10.3. The van der Waals surface area contributed by atoms with Gasteiger partial charge in [0.25, 0.3) is 0 Å². The number of rotatable bonds is 4. The Morgan fingerprint density at radius 1 is 1.10 bits per heavy atom. The van der Waals surface area contributed by atoms with Gasteiger partial charge >= 0.3 is 6.09 Å². The number of likely N-dealkylation sites (tertiary alicyclic amines) is 1. The number of hydrogen-bond donors (Lipinski definition) is 2. The van der Waals surface area contributed by atoms with Crippen LogP contribution in [-0.4, -0.2) is 53.8 Å². The molecule has 7 heteroatoms. The van der Waals surface area contributed by atoms with Crippen LogP contribution in [0.2, 0.25) is 0 Å². The SMILES string of the molecule is CNC(=O)OC1CN(C(=O)CC2(c3ccc(F)cc3)C3CC4CC2CC(C3)C4(C)O)C1. The van der Waals surface area contributed by atoms with Crippen molar-refractivity contribution in [2.45, 2.75) is 56.1 Å². The first kappa shape index (κ1) is 20.7. The van der Waals surface area contributed by atoms with E-state index in [1.54, 1.807) is 4.90 Å². The van der Waals surface area contributed by atoms with Gasteiger partial charge in [0.2, 0.25) is 5.91 Å². The number of nitrogens with one attached hydrogen (secondary N) is 1. The Labute approximate surface area is 182 Å². The van der Waals surface area contributed by atoms with Crippen molar-refractivity contribution in [3.63, 3.8) is 0 Å². The molecule has 0 radical (unpaired) electrons. The molecule has 31 heavy (non-hydrogen) atoms.